The molecule has 222 valence electrons. The van der Waals surface area contributed by atoms with Crippen LogP contribution in [0.1, 0.15) is 71.8 Å². The monoisotopic (exact) mass is 564 g/mol. The van der Waals surface area contributed by atoms with Crippen molar-refractivity contribution in [3.05, 3.63) is 77.3 Å². The first-order valence-electron chi connectivity index (χ1n) is 15.1. The molecule has 1 saturated heterocycles. The number of carbonyl (C=O) groups excluding carboxylic acids is 2. The smallest absolute Gasteiger partial charge is 0.414 e. The lowest BCUT2D eigenvalue weighted by Gasteiger charge is -2.38. The Morgan fingerprint density at radius 2 is 1.98 bits per heavy atom. The zero-order chi connectivity index (χ0) is 29.4. The maximum atomic E-state index is 15.2. The molecule has 1 aromatic carbocycles. The van der Waals surface area contributed by atoms with E-state index in [0.29, 0.717) is 30.3 Å². The number of allylic oxidation sites excluding steroid dienone is 6. The highest BCUT2D eigenvalue weighted by Crippen LogP contribution is 2.35. The largest absolute Gasteiger partial charge is 0.466 e. The number of fused-ring (bicyclic) bond motifs is 1. The minimum Gasteiger partial charge on any atom is -0.466 e. The van der Waals surface area contributed by atoms with Crippen LogP contribution in [0.5, 0.6) is 0 Å². The van der Waals surface area contributed by atoms with Crippen LogP contribution in [-0.4, -0.2) is 48.8 Å². The number of esters is 1. The van der Waals surface area contributed by atoms with E-state index < -0.39 is 17.5 Å². The second kappa shape index (κ2) is 14.0. The first-order valence-corrected chi connectivity index (χ1v) is 15.1. The molecule has 7 heteroatoms. The van der Waals surface area contributed by atoms with Crippen molar-refractivity contribution in [2.24, 2.45) is 11.8 Å². The Balaban J connectivity index is 1.50. The van der Waals surface area contributed by atoms with Crippen molar-refractivity contribution in [2.45, 2.75) is 78.2 Å². The Labute approximate surface area is 244 Å². The van der Waals surface area contributed by atoms with Gasteiger partial charge in [0.25, 0.3) is 0 Å². The third-order valence-corrected chi connectivity index (χ3v) is 7.73. The third kappa shape index (κ3) is 8.82. The first-order chi connectivity index (χ1) is 19.6. The molecule has 0 aromatic heterocycles. The molecule has 0 N–H and O–H groups in total. The van der Waals surface area contributed by atoms with E-state index in [9.17, 15) is 9.59 Å². The van der Waals surface area contributed by atoms with Crippen LogP contribution in [0.15, 0.2) is 65.9 Å². The number of nitrogens with zero attached hydrogens (tertiary/aromatic N) is 2. The number of anilines is 1. The fraction of sp³-hybridized carbons (Fsp3) is 0.529. The van der Waals surface area contributed by atoms with Crippen LogP contribution in [-0.2, 0) is 20.7 Å². The summed E-state index contributed by atoms with van der Waals surface area (Å²) in [6.07, 6.45) is 18.5. The van der Waals surface area contributed by atoms with Gasteiger partial charge in [0.2, 0.25) is 0 Å². The molecule has 0 bridgehead atoms. The van der Waals surface area contributed by atoms with E-state index in [1.54, 1.807) is 24.0 Å². The first kappa shape index (κ1) is 30.6. The molecule has 1 heterocycles. The fourth-order valence-electron chi connectivity index (χ4n) is 5.66. The van der Waals surface area contributed by atoms with E-state index >= 15 is 4.39 Å². The summed E-state index contributed by atoms with van der Waals surface area (Å²) in [5, 5.41) is 0. The van der Waals surface area contributed by atoms with Gasteiger partial charge in [0.05, 0.1) is 6.61 Å². The van der Waals surface area contributed by atoms with E-state index in [1.165, 1.54) is 17.3 Å². The number of hydrogen-bond donors (Lipinski definition) is 0. The second-order valence-corrected chi connectivity index (χ2v) is 12.1. The van der Waals surface area contributed by atoms with Crippen molar-refractivity contribution < 1.29 is 23.5 Å². The second-order valence-electron chi connectivity index (χ2n) is 12.1. The summed E-state index contributed by atoms with van der Waals surface area (Å²) in [6.45, 7) is 9.96. The number of hydrogen-bond acceptors (Lipinski definition) is 5. The summed E-state index contributed by atoms with van der Waals surface area (Å²) >= 11 is 0. The molecule has 4 rings (SSSR count). The minimum absolute atomic E-state index is 0.0749. The molecule has 2 atom stereocenters. The Morgan fingerprint density at radius 3 is 2.68 bits per heavy atom. The quantitative estimate of drug-likeness (QED) is 0.275. The molecule has 0 saturated carbocycles. The molecular formula is C34H45FN2O4. The van der Waals surface area contributed by atoms with Crippen molar-refractivity contribution in [3.63, 3.8) is 0 Å². The molecular weight excluding hydrogens is 519 g/mol. The highest BCUT2D eigenvalue weighted by molar-refractivity contribution is 5.88. The number of amides is 1. The van der Waals surface area contributed by atoms with Gasteiger partial charge in [-0.2, -0.15) is 0 Å². The summed E-state index contributed by atoms with van der Waals surface area (Å²) in [6, 6.07) is 4.76. The summed E-state index contributed by atoms with van der Waals surface area (Å²) < 4.78 is 25.9. The standard InChI is InChI=1S/C34H45FN2O4/c1-5-40-32(38)18-16-27-15-17-29(23-30(27)35)37(33(39)41-34(2,3)4)24-26-13-14-28-12-9-20-36(31(28)22-26)21-19-25-10-7-6-8-11-25/h6-8,10,14-15,17,22-23,25-26H,5,9,11-13,16,18-21,24H2,1-4H3. The lowest BCUT2D eigenvalue weighted by Crippen LogP contribution is -2.40. The molecule has 0 radical (unpaired) electrons. The van der Waals surface area contributed by atoms with Gasteiger partial charge in [-0.1, -0.05) is 42.5 Å². The molecule has 2 unspecified atom stereocenters. The van der Waals surface area contributed by atoms with Gasteiger partial charge in [0.1, 0.15) is 11.4 Å². The number of benzene rings is 1. The van der Waals surface area contributed by atoms with Crippen molar-refractivity contribution in [2.75, 3.05) is 31.1 Å². The molecule has 1 aromatic rings. The maximum Gasteiger partial charge on any atom is 0.414 e. The lowest BCUT2D eigenvalue weighted by atomic mass is 9.88. The number of rotatable bonds is 10. The Morgan fingerprint density at radius 1 is 1.15 bits per heavy atom. The van der Waals surface area contributed by atoms with Gasteiger partial charge in [-0.25, -0.2) is 9.18 Å². The van der Waals surface area contributed by atoms with Crippen LogP contribution < -0.4 is 4.90 Å². The van der Waals surface area contributed by atoms with E-state index in [1.807, 2.05) is 20.8 Å². The predicted molar refractivity (Wildman–Crippen MR) is 161 cm³/mol. The van der Waals surface area contributed by atoms with Gasteiger partial charge in [-0.3, -0.25) is 9.69 Å². The summed E-state index contributed by atoms with van der Waals surface area (Å²) in [5.74, 6) is -0.152. The van der Waals surface area contributed by atoms with Crippen molar-refractivity contribution >= 4 is 17.7 Å². The molecule has 0 spiro atoms. The molecule has 3 aliphatic rings. The number of halogens is 1. The summed E-state index contributed by atoms with van der Waals surface area (Å²) in [7, 11) is 0. The normalized spacial score (nSPS) is 20.2. The lowest BCUT2D eigenvalue weighted by molar-refractivity contribution is -0.143. The van der Waals surface area contributed by atoms with Gasteiger partial charge in [0.15, 0.2) is 0 Å². The number of likely N-dealkylation sites (tertiary alicyclic amines) is 1. The topological polar surface area (TPSA) is 59.1 Å². The average molecular weight is 565 g/mol. The number of carbonyl (C=O) groups is 2. The van der Waals surface area contributed by atoms with Gasteiger partial charge in [-0.05, 0) is 95.4 Å². The number of ether oxygens (including phenoxy) is 2. The van der Waals surface area contributed by atoms with Crippen LogP contribution in [0.3, 0.4) is 0 Å². The number of piperidine rings is 1. The Kier molecular flexibility index (Phi) is 10.5. The number of aryl methyl sites for hydroxylation is 1. The third-order valence-electron chi connectivity index (χ3n) is 7.73. The molecule has 6 nitrogen and oxygen atoms in total. The molecule has 41 heavy (non-hydrogen) atoms. The van der Waals surface area contributed by atoms with Crippen LogP contribution in [0, 0.1) is 17.7 Å². The van der Waals surface area contributed by atoms with Crippen LogP contribution >= 0.6 is 0 Å². The summed E-state index contributed by atoms with van der Waals surface area (Å²) in [5.41, 5.74) is 2.86. The van der Waals surface area contributed by atoms with Crippen LogP contribution in [0.2, 0.25) is 0 Å². The van der Waals surface area contributed by atoms with Crippen molar-refractivity contribution in [1.29, 1.82) is 0 Å². The van der Waals surface area contributed by atoms with Gasteiger partial charge < -0.3 is 14.4 Å². The van der Waals surface area contributed by atoms with Crippen molar-refractivity contribution in [1.82, 2.24) is 4.90 Å². The Hall–Kier alpha value is -3.35. The predicted octanol–water partition coefficient (Wildman–Crippen LogP) is 7.51. The van der Waals surface area contributed by atoms with Crippen LogP contribution in [0.25, 0.3) is 0 Å². The zero-order valence-electron chi connectivity index (χ0n) is 25.0. The average Bonchev–Trinajstić information content (AvgIpc) is 2.94. The van der Waals surface area contributed by atoms with Crippen LogP contribution in [0.4, 0.5) is 14.9 Å². The van der Waals surface area contributed by atoms with Crippen molar-refractivity contribution in [3.8, 4) is 0 Å². The maximum absolute atomic E-state index is 15.2. The highest BCUT2D eigenvalue weighted by atomic mass is 19.1. The zero-order valence-corrected chi connectivity index (χ0v) is 25.0. The minimum atomic E-state index is -0.686. The van der Waals surface area contributed by atoms with E-state index in [2.05, 4.69) is 41.4 Å². The van der Waals surface area contributed by atoms with E-state index in [4.69, 9.17) is 9.47 Å². The fourth-order valence-corrected chi connectivity index (χ4v) is 5.66. The molecule has 1 amide bonds. The van der Waals surface area contributed by atoms with E-state index in [0.717, 1.165) is 45.2 Å². The highest BCUT2D eigenvalue weighted by Gasteiger charge is 2.29. The molecule has 1 aliphatic heterocycles. The SMILES string of the molecule is CCOC(=O)CCc1ccc(N(CC2C=C3C(=CC2)CCCN3CCC2C=CC=CC2)C(=O)OC(C)(C)C)cc1F. The Bertz CT molecular complexity index is 1210. The van der Waals surface area contributed by atoms with Gasteiger partial charge >= 0.3 is 12.1 Å². The van der Waals surface area contributed by atoms with Gasteiger partial charge in [0, 0.05) is 43.4 Å². The molecule has 2 aliphatic carbocycles. The van der Waals surface area contributed by atoms with Gasteiger partial charge in [-0.15, -0.1) is 0 Å². The summed E-state index contributed by atoms with van der Waals surface area (Å²) in [4.78, 5) is 29.2. The van der Waals surface area contributed by atoms with E-state index in [-0.39, 0.29) is 24.7 Å². The molecule has 1 fully saturated rings.